The summed E-state index contributed by atoms with van der Waals surface area (Å²) >= 11 is 0. The van der Waals surface area contributed by atoms with E-state index >= 15 is 0 Å². The van der Waals surface area contributed by atoms with Crippen LogP contribution in [0, 0.1) is 25.6 Å². The number of aryl methyl sites for hydroxylation is 1. The Morgan fingerprint density at radius 3 is 2.60 bits per heavy atom. The zero-order chi connectivity index (χ0) is 22.0. The number of benzene rings is 2. The first-order valence-electron chi connectivity index (χ1n) is 11.1. The second-order valence-corrected chi connectivity index (χ2v) is 8.80. The first kappa shape index (κ1) is 22.1. The van der Waals surface area contributed by atoms with Gasteiger partial charge in [0.15, 0.2) is 0 Å². The molecule has 0 aromatic heterocycles. The van der Waals surface area contributed by atoms with Crippen molar-refractivity contribution in [1.29, 1.82) is 0 Å². The average Bonchev–Trinajstić information content (AvgIpc) is 2.70. The Hall–Kier alpha value is -2.55. The third kappa shape index (κ3) is 4.03. The lowest BCUT2D eigenvalue weighted by Crippen LogP contribution is -2.28. The van der Waals surface area contributed by atoms with Crippen molar-refractivity contribution in [2.45, 2.75) is 66.3 Å². The largest absolute Gasteiger partial charge is 0.377 e. The molecule has 4 rings (SSSR count). The number of anilines is 1. The number of hydrogen-bond donors (Lipinski definition) is 2. The highest BCUT2D eigenvalue weighted by Gasteiger charge is 2.33. The molecule has 30 heavy (non-hydrogen) atoms. The molecule has 2 aromatic carbocycles. The van der Waals surface area contributed by atoms with Crippen LogP contribution in [0.2, 0.25) is 0 Å². The van der Waals surface area contributed by atoms with Gasteiger partial charge in [0.25, 0.3) is 0 Å². The van der Waals surface area contributed by atoms with Crippen LogP contribution in [0.25, 0.3) is 11.8 Å². The summed E-state index contributed by atoms with van der Waals surface area (Å²) < 4.78 is 14.6. The molecule has 1 aliphatic heterocycles. The Balaban J connectivity index is 0.000000806. The third-order valence-corrected chi connectivity index (χ3v) is 6.13. The van der Waals surface area contributed by atoms with Crippen LogP contribution in [0.15, 0.2) is 37.0 Å². The molecule has 2 aliphatic rings. The molecule has 3 heteroatoms. The van der Waals surface area contributed by atoms with E-state index in [1.54, 1.807) is 0 Å². The molecule has 0 radical (unpaired) electrons. The highest BCUT2D eigenvalue weighted by Crippen LogP contribution is 2.45. The van der Waals surface area contributed by atoms with Gasteiger partial charge >= 0.3 is 0 Å². The lowest BCUT2D eigenvalue weighted by atomic mass is 9.73. The monoisotopic (exact) mass is 406 g/mol. The van der Waals surface area contributed by atoms with Crippen LogP contribution in [-0.2, 0) is 0 Å². The number of rotatable bonds is 2. The fourth-order valence-electron chi connectivity index (χ4n) is 4.86. The lowest BCUT2D eigenvalue weighted by Gasteiger charge is -2.38. The maximum Gasteiger partial charge on any atom is 0.129 e. The second kappa shape index (κ2) is 9.07. The predicted molar refractivity (Wildman–Crippen MR) is 128 cm³/mol. The van der Waals surface area contributed by atoms with Crippen molar-refractivity contribution in [1.82, 2.24) is 5.32 Å². The predicted octanol–water partition coefficient (Wildman–Crippen LogP) is 7.70. The molecular formula is C27H35FN2. The van der Waals surface area contributed by atoms with Gasteiger partial charge in [-0.3, -0.25) is 0 Å². The van der Waals surface area contributed by atoms with Crippen LogP contribution in [0.5, 0.6) is 0 Å². The summed E-state index contributed by atoms with van der Waals surface area (Å²) in [5, 5.41) is 6.96. The minimum Gasteiger partial charge on any atom is -0.377 e. The van der Waals surface area contributed by atoms with E-state index in [2.05, 4.69) is 69.2 Å². The van der Waals surface area contributed by atoms with Gasteiger partial charge in [0.1, 0.15) is 5.82 Å². The highest BCUT2D eigenvalue weighted by molar-refractivity contribution is 5.83. The van der Waals surface area contributed by atoms with Crippen molar-refractivity contribution in [3.8, 4) is 0 Å². The minimum atomic E-state index is -0.0590. The molecule has 3 atom stereocenters. The van der Waals surface area contributed by atoms with E-state index in [0.717, 1.165) is 40.1 Å². The standard InChI is InChI=1S/C24H27FN2.C3H8/c1-13-11-15(3)24(20-12-14(2)23(25)16(4)22(13)20)27-21-8-6-7-18-17(5)26-10-9-19(18)21;1-3-2/h6-10,12-13,15,24,26-27H,5,11H2,1-4H3;3H2,1-2H3. The van der Waals surface area contributed by atoms with E-state index < -0.39 is 0 Å². The van der Waals surface area contributed by atoms with E-state index in [-0.39, 0.29) is 11.9 Å². The van der Waals surface area contributed by atoms with Gasteiger partial charge in [0.05, 0.1) is 6.04 Å². The normalized spacial score (nSPS) is 21.7. The van der Waals surface area contributed by atoms with Crippen molar-refractivity contribution >= 4 is 17.5 Å². The number of fused-ring (bicyclic) bond motifs is 2. The van der Waals surface area contributed by atoms with Gasteiger partial charge in [-0.2, -0.15) is 0 Å². The summed E-state index contributed by atoms with van der Waals surface area (Å²) in [5.41, 5.74) is 8.25. The maximum absolute atomic E-state index is 14.6. The highest BCUT2D eigenvalue weighted by atomic mass is 19.1. The Labute approximate surface area is 181 Å². The van der Waals surface area contributed by atoms with Crippen molar-refractivity contribution in [2.75, 3.05) is 5.32 Å². The summed E-state index contributed by atoms with van der Waals surface area (Å²) in [6.07, 6.45) is 6.32. The van der Waals surface area contributed by atoms with Crippen molar-refractivity contribution in [3.05, 3.63) is 76.2 Å². The van der Waals surface area contributed by atoms with Gasteiger partial charge in [-0.25, -0.2) is 4.39 Å². The van der Waals surface area contributed by atoms with E-state index in [1.165, 1.54) is 17.5 Å². The van der Waals surface area contributed by atoms with Crippen LogP contribution < -0.4 is 10.6 Å². The Morgan fingerprint density at radius 2 is 1.90 bits per heavy atom. The molecule has 0 saturated heterocycles. The summed E-state index contributed by atoms with van der Waals surface area (Å²) in [6.45, 7) is 16.7. The molecule has 0 spiro atoms. The van der Waals surface area contributed by atoms with Gasteiger partial charge in [0, 0.05) is 28.7 Å². The van der Waals surface area contributed by atoms with Gasteiger partial charge in [-0.05, 0) is 66.5 Å². The molecule has 3 unspecified atom stereocenters. The zero-order valence-electron chi connectivity index (χ0n) is 19.2. The van der Waals surface area contributed by atoms with Crippen molar-refractivity contribution < 1.29 is 4.39 Å². The number of nitrogens with one attached hydrogen (secondary N) is 2. The first-order chi connectivity index (χ1) is 14.3. The maximum atomic E-state index is 14.6. The Kier molecular flexibility index (Phi) is 6.70. The van der Waals surface area contributed by atoms with Crippen LogP contribution in [-0.4, -0.2) is 0 Å². The summed E-state index contributed by atoms with van der Waals surface area (Å²) in [5.74, 6) is 0.773. The van der Waals surface area contributed by atoms with Gasteiger partial charge in [0.2, 0.25) is 0 Å². The number of halogens is 1. The molecule has 2 aromatic rings. The smallest absolute Gasteiger partial charge is 0.129 e. The van der Waals surface area contributed by atoms with E-state index in [1.807, 2.05) is 26.1 Å². The van der Waals surface area contributed by atoms with Crippen LogP contribution >= 0.6 is 0 Å². The quantitative estimate of drug-likeness (QED) is 0.534. The average molecular weight is 407 g/mol. The van der Waals surface area contributed by atoms with Gasteiger partial charge in [-0.1, -0.05) is 58.9 Å². The third-order valence-electron chi connectivity index (χ3n) is 6.13. The lowest BCUT2D eigenvalue weighted by molar-refractivity contribution is 0.392. The summed E-state index contributed by atoms with van der Waals surface area (Å²) in [6, 6.07) is 8.48. The van der Waals surface area contributed by atoms with Crippen molar-refractivity contribution in [2.24, 2.45) is 5.92 Å². The summed E-state index contributed by atoms with van der Waals surface area (Å²) in [7, 11) is 0. The Bertz CT molecular complexity index is 973. The van der Waals surface area contributed by atoms with Crippen LogP contribution in [0.4, 0.5) is 10.1 Å². The second-order valence-electron chi connectivity index (χ2n) is 8.80. The zero-order valence-corrected chi connectivity index (χ0v) is 19.2. The van der Waals surface area contributed by atoms with E-state index in [9.17, 15) is 4.39 Å². The first-order valence-corrected chi connectivity index (χ1v) is 11.1. The molecule has 1 heterocycles. The fourth-order valence-corrected chi connectivity index (χ4v) is 4.86. The molecule has 2 N–H and O–H groups in total. The molecule has 2 nitrogen and oxygen atoms in total. The molecule has 160 valence electrons. The Morgan fingerprint density at radius 1 is 1.20 bits per heavy atom. The summed E-state index contributed by atoms with van der Waals surface area (Å²) in [4.78, 5) is 0. The molecule has 0 bridgehead atoms. The molecule has 0 fully saturated rings. The van der Waals surface area contributed by atoms with Gasteiger partial charge in [-0.15, -0.1) is 0 Å². The topological polar surface area (TPSA) is 24.1 Å². The molecule has 0 amide bonds. The van der Waals surface area contributed by atoms with E-state index in [0.29, 0.717) is 11.8 Å². The van der Waals surface area contributed by atoms with E-state index in [4.69, 9.17) is 0 Å². The SMILES string of the molecule is C=C1NC=Cc2c(NC3c4cc(C)c(F)c(C)c4C(C)CC3C)cccc21.CCC. The molecule has 1 aliphatic carbocycles. The van der Waals surface area contributed by atoms with Crippen LogP contribution in [0.3, 0.4) is 0 Å². The van der Waals surface area contributed by atoms with Crippen molar-refractivity contribution in [3.63, 3.8) is 0 Å². The molecular weight excluding hydrogens is 371 g/mol. The molecule has 0 saturated carbocycles. The van der Waals surface area contributed by atoms with Crippen LogP contribution in [0.1, 0.15) is 85.9 Å². The van der Waals surface area contributed by atoms with Gasteiger partial charge < -0.3 is 10.6 Å². The number of hydrogen-bond acceptors (Lipinski definition) is 2. The fraction of sp³-hybridized carbons (Fsp3) is 0.407. The minimum absolute atomic E-state index is 0.0590.